The third kappa shape index (κ3) is 5.94. The van der Waals surface area contributed by atoms with Crippen LogP contribution in [0, 0.1) is 11.3 Å². The van der Waals surface area contributed by atoms with E-state index >= 15 is 0 Å². The molecule has 0 heterocycles. The van der Waals surface area contributed by atoms with E-state index in [4.69, 9.17) is 14.7 Å². The lowest BCUT2D eigenvalue weighted by Crippen LogP contribution is -2.17. The van der Waals surface area contributed by atoms with Crippen LogP contribution in [0.2, 0.25) is 0 Å². The second-order valence-corrected chi connectivity index (χ2v) is 6.33. The van der Waals surface area contributed by atoms with Gasteiger partial charge < -0.3 is 9.47 Å². The van der Waals surface area contributed by atoms with Crippen LogP contribution in [0.1, 0.15) is 34.0 Å². The Kier molecular flexibility index (Phi) is 7.17. The number of hydrogen-bond acceptors (Lipinski definition) is 5. The summed E-state index contributed by atoms with van der Waals surface area (Å²) in [6.45, 7) is 2.86. The topological polar surface area (TPSA) is 83.7 Å². The Morgan fingerprint density at radius 3 is 2.43 bits per heavy atom. The quantitative estimate of drug-likeness (QED) is 0.452. The van der Waals surface area contributed by atoms with Gasteiger partial charge in [0.2, 0.25) is 0 Å². The van der Waals surface area contributed by atoms with Gasteiger partial charge in [0.25, 0.3) is 5.91 Å². The molecule has 3 aromatic carbocycles. The molecule has 150 valence electrons. The predicted molar refractivity (Wildman–Crippen MR) is 115 cm³/mol. The molecule has 0 saturated heterocycles. The summed E-state index contributed by atoms with van der Waals surface area (Å²) in [5.41, 5.74) is 5.36. The van der Waals surface area contributed by atoms with Crippen LogP contribution in [0.5, 0.6) is 11.5 Å². The maximum absolute atomic E-state index is 12.1. The number of nitriles is 1. The van der Waals surface area contributed by atoms with E-state index in [1.165, 1.54) is 0 Å². The number of benzene rings is 3. The fourth-order valence-corrected chi connectivity index (χ4v) is 2.65. The van der Waals surface area contributed by atoms with Gasteiger partial charge in [0.15, 0.2) is 0 Å². The minimum absolute atomic E-state index is 0.297. The van der Waals surface area contributed by atoms with Crippen molar-refractivity contribution < 1.29 is 14.3 Å². The molecule has 1 N–H and O–H groups in total. The van der Waals surface area contributed by atoms with Crippen LogP contribution in [0.4, 0.5) is 0 Å². The third-order valence-corrected chi connectivity index (χ3v) is 4.15. The Morgan fingerprint density at radius 2 is 1.73 bits per heavy atom. The zero-order chi connectivity index (χ0) is 21.2. The van der Waals surface area contributed by atoms with Gasteiger partial charge in [-0.3, -0.25) is 4.79 Å². The highest BCUT2D eigenvalue weighted by Gasteiger charge is 2.04. The zero-order valence-electron chi connectivity index (χ0n) is 16.5. The van der Waals surface area contributed by atoms with Crippen LogP contribution in [-0.2, 0) is 6.61 Å². The highest BCUT2D eigenvalue weighted by atomic mass is 16.5. The first-order valence-electron chi connectivity index (χ1n) is 9.46. The molecule has 0 atom stereocenters. The van der Waals surface area contributed by atoms with Gasteiger partial charge in [-0.25, -0.2) is 5.43 Å². The van der Waals surface area contributed by atoms with E-state index in [9.17, 15) is 4.79 Å². The minimum Gasteiger partial charge on any atom is -0.494 e. The van der Waals surface area contributed by atoms with Gasteiger partial charge in [0.1, 0.15) is 18.1 Å². The van der Waals surface area contributed by atoms with Crippen LogP contribution in [0.25, 0.3) is 0 Å². The lowest BCUT2D eigenvalue weighted by Gasteiger charge is -2.07. The average molecular weight is 399 g/mol. The van der Waals surface area contributed by atoms with Crippen molar-refractivity contribution in [3.8, 4) is 17.6 Å². The number of nitrogens with one attached hydrogen (secondary N) is 1. The van der Waals surface area contributed by atoms with E-state index in [1.807, 2.05) is 43.3 Å². The summed E-state index contributed by atoms with van der Waals surface area (Å²) in [4.78, 5) is 12.1. The molecule has 0 aliphatic heterocycles. The third-order valence-electron chi connectivity index (χ3n) is 4.15. The van der Waals surface area contributed by atoms with Gasteiger partial charge in [0, 0.05) is 5.56 Å². The van der Waals surface area contributed by atoms with E-state index in [2.05, 4.69) is 16.6 Å². The van der Waals surface area contributed by atoms with Crippen molar-refractivity contribution in [3.63, 3.8) is 0 Å². The van der Waals surface area contributed by atoms with Crippen LogP contribution in [0.3, 0.4) is 0 Å². The molecule has 30 heavy (non-hydrogen) atoms. The number of carbonyl (C=O) groups is 1. The van der Waals surface area contributed by atoms with E-state index in [0.717, 1.165) is 16.9 Å². The molecular weight excluding hydrogens is 378 g/mol. The Bertz CT molecular complexity index is 1050. The van der Waals surface area contributed by atoms with Crippen molar-refractivity contribution in [1.29, 1.82) is 5.26 Å². The number of rotatable bonds is 8. The molecule has 0 fully saturated rings. The summed E-state index contributed by atoms with van der Waals surface area (Å²) in [6.07, 6.45) is 1.56. The van der Waals surface area contributed by atoms with Crippen molar-refractivity contribution >= 4 is 12.1 Å². The summed E-state index contributed by atoms with van der Waals surface area (Å²) in [5.74, 6) is 1.12. The van der Waals surface area contributed by atoms with Crippen molar-refractivity contribution in [2.45, 2.75) is 13.5 Å². The SMILES string of the molecule is CCOc1ccc(C(=O)N/N=C\c2ccc(OCc3cccc(C#N)c3)cc2)cc1. The number of amides is 1. The lowest BCUT2D eigenvalue weighted by atomic mass is 10.1. The molecule has 0 radical (unpaired) electrons. The van der Waals surface area contributed by atoms with Crippen molar-refractivity contribution in [2.24, 2.45) is 5.10 Å². The zero-order valence-corrected chi connectivity index (χ0v) is 16.5. The largest absolute Gasteiger partial charge is 0.494 e. The molecule has 6 heteroatoms. The fourth-order valence-electron chi connectivity index (χ4n) is 2.65. The Hall–Kier alpha value is -4.11. The van der Waals surface area contributed by atoms with Crippen LogP contribution in [0.15, 0.2) is 77.9 Å². The highest BCUT2D eigenvalue weighted by Crippen LogP contribution is 2.14. The first kappa shape index (κ1) is 20.6. The molecule has 0 unspecified atom stereocenters. The second kappa shape index (κ2) is 10.4. The first-order valence-corrected chi connectivity index (χ1v) is 9.46. The summed E-state index contributed by atoms with van der Waals surface area (Å²) >= 11 is 0. The molecule has 0 aliphatic rings. The van der Waals surface area contributed by atoms with E-state index < -0.39 is 0 Å². The Labute approximate surface area is 175 Å². The molecule has 6 nitrogen and oxygen atoms in total. The summed E-state index contributed by atoms with van der Waals surface area (Å²) in [7, 11) is 0. The normalized spacial score (nSPS) is 10.4. The number of hydrazone groups is 1. The van der Waals surface area contributed by atoms with Crippen LogP contribution < -0.4 is 14.9 Å². The lowest BCUT2D eigenvalue weighted by molar-refractivity contribution is 0.0955. The molecule has 0 bridgehead atoms. The molecule has 0 saturated carbocycles. The van der Waals surface area contributed by atoms with Gasteiger partial charge in [-0.05, 0) is 78.7 Å². The molecule has 1 amide bonds. The second-order valence-electron chi connectivity index (χ2n) is 6.33. The maximum atomic E-state index is 12.1. The van der Waals surface area contributed by atoms with Gasteiger partial charge in [0.05, 0.1) is 24.5 Å². The molecule has 3 rings (SSSR count). The Balaban J connectivity index is 1.50. The molecule has 0 spiro atoms. The van der Waals surface area contributed by atoms with Gasteiger partial charge in [-0.1, -0.05) is 12.1 Å². The molecule has 0 aromatic heterocycles. The van der Waals surface area contributed by atoms with Crippen molar-refractivity contribution in [3.05, 3.63) is 95.1 Å². The smallest absolute Gasteiger partial charge is 0.271 e. The highest BCUT2D eigenvalue weighted by molar-refractivity contribution is 5.95. The molecule has 3 aromatic rings. The fraction of sp³-hybridized carbons (Fsp3) is 0.125. The van der Waals surface area contributed by atoms with Crippen molar-refractivity contribution in [2.75, 3.05) is 6.61 Å². The first-order chi connectivity index (χ1) is 14.7. The summed E-state index contributed by atoms with van der Waals surface area (Å²) in [6, 6.07) is 23.6. The summed E-state index contributed by atoms with van der Waals surface area (Å²) in [5, 5.41) is 12.9. The van der Waals surface area contributed by atoms with Gasteiger partial charge in [-0.2, -0.15) is 10.4 Å². The number of nitrogens with zero attached hydrogens (tertiary/aromatic N) is 2. The van der Waals surface area contributed by atoms with E-state index in [0.29, 0.717) is 30.1 Å². The predicted octanol–water partition coefficient (Wildman–Crippen LogP) is 4.30. The molecular formula is C24H21N3O3. The average Bonchev–Trinajstić information content (AvgIpc) is 2.79. The number of ether oxygens (including phenoxy) is 2. The monoisotopic (exact) mass is 399 g/mol. The van der Waals surface area contributed by atoms with Gasteiger partial charge >= 0.3 is 0 Å². The van der Waals surface area contributed by atoms with Crippen LogP contribution >= 0.6 is 0 Å². The number of carbonyl (C=O) groups excluding carboxylic acids is 1. The summed E-state index contributed by atoms with van der Waals surface area (Å²) < 4.78 is 11.1. The van der Waals surface area contributed by atoms with E-state index in [1.54, 1.807) is 42.6 Å². The standard InChI is InChI=1S/C24H21N3O3/c1-2-29-22-12-8-21(9-13-22)24(28)27-26-16-18-6-10-23(11-7-18)30-17-20-5-3-4-19(14-20)15-25/h3-14,16H,2,17H2,1H3,(H,27,28)/b26-16-. The number of hydrogen-bond donors (Lipinski definition) is 1. The van der Waals surface area contributed by atoms with E-state index in [-0.39, 0.29) is 5.91 Å². The minimum atomic E-state index is -0.297. The van der Waals surface area contributed by atoms with Crippen molar-refractivity contribution in [1.82, 2.24) is 5.43 Å². The Morgan fingerprint density at radius 1 is 1.03 bits per heavy atom. The maximum Gasteiger partial charge on any atom is 0.271 e. The molecule has 0 aliphatic carbocycles. The van der Waals surface area contributed by atoms with Gasteiger partial charge in [-0.15, -0.1) is 0 Å². The van der Waals surface area contributed by atoms with Crippen LogP contribution in [-0.4, -0.2) is 18.7 Å².